The van der Waals surface area contributed by atoms with Gasteiger partial charge in [-0.1, -0.05) is 12.2 Å². The minimum Gasteiger partial charge on any atom is -0.267 e. The van der Waals surface area contributed by atoms with Gasteiger partial charge in [-0.3, -0.25) is 9.78 Å². The van der Waals surface area contributed by atoms with Crippen molar-refractivity contribution in [1.29, 1.82) is 0 Å². The Morgan fingerprint density at radius 3 is 3.24 bits per heavy atom. The highest BCUT2D eigenvalue weighted by Crippen LogP contribution is 2.39. The summed E-state index contributed by atoms with van der Waals surface area (Å²) >= 11 is 0. The molecule has 2 atom stereocenters. The van der Waals surface area contributed by atoms with E-state index in [-0.39, 0.29) is 5.91 Å². The highest BCUT2D eigenvalue weighted by molar-refractivity contribution is 5.97. The number of rotatable bonds is 2. The van der Waals surface area contributed by atoms with E-state index in [0.29, 0.717) is 17.4 Å². The predicted molar refractivity (Wildman–Crippen MR) is 64.5 cm³/mol. The second-order valence-electron chi connectivity index (χ2n) is 4.42. The molecule has 86 valence electrons. The van der Waals surface area contributed by atoms with Crippen LogP contribution in [0.4, 0.5) is 0 Å². The van der Waals surface area contributed by atoms with Gasteiger partial charge in [0.2, 0.25) is 0 Å². The molecule has 3 rings (SSSR count). The smallest absolute Gasteiger partial charge is 0.267 e. The molecule has 1 saturated carbocycles. The number of hydrazone groups is 1. The first-order valence-electron chi connectivity index (χ1n) is 5.78. The minimum atomic E-state index is -0.194. The molecule has 1 heterocycles. The number of carbonyl (C=O) groups excluding carboxylic acids is 1. The van der Waals surface area contributed by atoms with Gasteiger partial charge in [-0.05, 0) is 30.9 Å². The van der Waals surface area contributed by atoms with Crippen molar-refractivity contribution in [2.24, 2.45) is 16.9 Å². The summed E-state index contributed by atoms with van der Waals surface area (Å²) in [7, 11) is 0. The van der Waals surface area contributed by atoms with Crippen LogP contribution in [0.25, 0.3) is 0 Å². The summed E-state index contributed by atoms with van der Waals surface area (Å²) < 4.78 is 0. The normalized spacial score (nSPS) is 27.6. The third-order valence-electron chi connectivity index (χ3n) is 3.39. The van der Waals surface area contributed by atoms with Crippen molar-refractivity contribution < 1.29 is 4.79 Å². The largest absolute Gasteiger partial charge is 0.272 e. The molecule has 0 aliphatic heterocycles. The maximum Gasteiger partial charge on any atom is 0.272 e. The Bertz CT molecular complexity index is 493. The van der Waals surface area contributed by atoms with Gasteiger partial charge >= 0.3 is 0 Å². The summed E-state index contributed by atoms with van der Waals surface area (Å²) in [6.07, 6.45) is 9.66. The first kappa shape index (κ1) is 10.2. The molecule has 17 heavy (non-hydrogen) atoms. The fraction of sp³-hybridized carbons (Fsp3) is 0.308. The van der Waals surface area contributed by atoms with Crippen LogP contribution < -0.4 is 5.43 Å². The van der Waals surface area contributed by atoms with E-state index in [9.17, 15) is 4.79 Å². The summed E-state index contributed by atoms with van der Waals surface area (Å²) in [6, 6.07) is 3.46. The van der Waals surface area contributed by atoms with Crippen LogP contribution in [0.15, 0.2) is 41.8 Å². The van der Waals surface area contributed by atoms with Crippen LogP contribution in [0.5, 0.6) is 0 Å². The van der Waals surface area contributed by atoms with Crippen LogP contribution in [0.1, 0.15) is 23.2 Å². The fourth-order valence-corrected chi connectivity index (χ4v) is 2.35. The number of fused-ring (bicyclic) bond motifs is 1. The Balaban J connectivity index is 1.62. The zero-order valence-electron chi connectivity index (χ0n) is 9.34. The van der Waals surface area contributed by atoms with Crippen molar-refractivity contribution in [3.63, 3.8) is 0 Å². The van der Waals surface area contributed by atoms with Gasteiger partial charge in [0.1, 0.15) is 0 Å². The van der Waals surface area contributed by atoms with Gasteiger partial charge in [0, 0.05) is 24.0 Å². The molecule has 1 aromatic heterocycles. The third-order valence-corrected chi connectivity index (χ3v) is 3.39. The molecular formula is C13H13N3O. The summed E-state index contributed by atoms with van der Waals surface area (Å²) in [5, 5.41) is 4.20. The summed E-state index contributed by atoms with van der Waals surface area (Å²) in [6.45, 7) is 0. The fourth-order valence-electron chi connectivity index (χ4n) is 2.35. The van der Waals surface area contributed by atoms with E-state index in [4.69, 9.17) is 0 Å². The molecular weight excluding hydrogens is 214 g/mol. The minimum absolute atomic E-state index is 0.194. The zero-order valence-corrected chi connectivity index (χ0v) is 9.34. The third kappa shape index (κ3) is 1.86. The summed E-state index contributed by atoms with van der Waals surface area (Å²) in [5.74, 6) is 0.994. The SMILES string of the molecule is O=C(N/N=C1/C[C@H]2C=CC[C@@H]12)c1cccnc1. The predicted octanol–water partition coefficient (Wildman–Crippen LogP) is 1.76. The number of nitrogens with one attached hydrogen (secondary N) is 1. The van der Waals surface area contributed by atoms with Crippen molar-refractivity contribution in [2.45, 2.75) is 12.8 Å². The first-order valence-corrected chi connectivity index (χ1v) is 5.78. The lowest BCUT2D eigenvalue weighted by Gasteiger charge is -2.31. The van der Waals surface area contributed by atoms with E-state index in [1.165, 1.54) is 6.20 Å². The Hall–Kier alpha value is -1.97. The van der Waals surface area contributed by atoms with E-state index in [1.807, 2.05) is 0 Å². The number of carbonyl (C=O) groups is 1. The van der Waals surface area contributed by atoms with Crippen LogP contribution in [0.2, 0.25) is 0 Å². The quantitative estimate of drug-likeness (QED) is 0.618. The number of pyridine rings is 1. The maximum absolute atomic E-state index is 11.7. The second kappa shape index (κ2) is 4.13. The Morgan fingerprint density at radius 2 is 2.47 bits per heavy atom. The molecule has 2 aliphatic carbocycles. The molecule has 4 nitrogen and oxygen atoms in total. The van der Waals surface area contributed by atoms with E-state index in [1.54, 1.807) is 18.3 Å². The molecule has 1 amide bonds. The zero-order chi connectivity index (χ0) is 11.7. The Morgan fingerprint density at radius 1 is 1.53 bits per heavy atom. The molecule has 0 spiro atoms. The molecule has 0 unspecified atom stereocenters. The van der Waals surface area contributed by atoms with Crippen LogP contribution in [-0.2, 0) is 0 Å². The van der Waals surface area contributed by atoms with E-state index in [2.05, 4.69) is 27.7 Å². The first-order chi connectivity index (χ1) is 8.34. The summed E-state index contributed by atoms with van der Waals surface area (Å²) in [4.78, 5) is 15.6. The van der Waals surface area contributed by atoms with Crippen LogP contribution in [0, 0.1) is 11.8 Å². The van der Waals surface area contributed by atoms with Crippen molar-refractivity contribution in [3.8, 4) is 0 Å². The van der Waals surface area contributed by atoms with Gasteiger partial charge < -0.3 is 0 Å². The lowest BCUT2D eigenvalue weighted by atomic mass is 9.74. The topological polar surface area (TPSA) is 54.4 Å². The number of nitrogens with zero attached hydrogens (tertiary/aromatic N) is 2. The molecule has 1 N–H and O–H groups in total. The van der Waals surface area contributed by atoms with Gasteiger partial charge in [-0.15, -0.1) is 0 Å². The van der Waals surface area contributed by atoms with Crippen LogP contribution >= 0.6 is 0 Å². The highest BCUT2D eigenvalue weighted by atomic mass is 16.2. The molecule has 0 aromatic carbocycles. The lowest BCUT2D eigenvalue weighted by Crippen LogP contribution is -2.35. The number of hydrogen-bond acceptors (Lipinski definition) is 3. The molecule has 0 bridgehead atoms. The second-order valence-corrected chi connectivity index (χ2v) is 4.42. The van der Waals surface area contributed by atoms with Gasteiger partial charge in [-0.2, -0.15) is 5.10 Å². The number of amides is 1. The number of aromatic nitrogens is 1. The Labute approximate surface area is 99.4 Å². The van der Waals surface area contributed by atoms with Crippen molar-refractivity contribution in [2.75, 3.05) is 0 Å². The molecule has 0 radical (unpaired) electrons. The van der Waals surface area contributed by atoms with Gasteiger partial charge in [0.15, 0.2) is 0 Å². The maximum atomic E-state index is 11.7. The monoisotopic (exact) mass is 227 g/mol. The van der Waals surface area contributed by atoms with Crippen molar-refractivity contribution in [1.82, 2.24) is 10.4 Å². The van der Waals surface area contributed by atoms with E-state index < -0.39 is 0 Å². The number of hydrogen-bond donors (Lipinski definition) is 1. The molecule has 1 aromatic rings. The summed E-state index contributed by atoms with van der Waals surface area (Å²) in [5.41, 5.74) is 4.24. The van der Waals surface area contributed by atoms with Crippen LogP contribution in [-0.4, -0.2) is 16.6 Å². The molecule has 0 saturated heterocycles. The average molecular weight is 227 g/mol. The number of allylic oxidation sites excluding steroid dienone is 2. The standard InChI is InChI=1S/C13H13N3O/c17-13(10-4-2-6-14-8-10)16-15-12-7-9-3-1-5-11(9)12/h1-4,6,8-9,11H,5,7H2,(H,16,17)/b15-12-/t9-,11-/m1/s1. The Kier molecular flexibility index (Phi) is 2.48. The molecule has 4 heteroatoms. The van der Waals surface area contributed by atoms with Crippen molar-refractivity contribution in [3.05, 3.63) is 42.2 Å². The van der Waals surface area contributed by atoms with Gasteiger partial charge in [0.25, 0.3) is 5.91 Å². The van der Waals surface area contributed by atoms with Crippen molar-refractivity contribution >= 4 is 11.6 Å². The van der Waals surface area contributed by atoms with Gasteiger partial charge in [0.05, 0.1) is 5.56 Å². The van der Waals surface area contributed by atoms with E-state index in [0.717, 1.165) is 18.6 Å². The lowest BCUT2D eigenvalue weighted by molar-refractivity contribution is 0.0953. The average Bonchev–Trinajstić information content (AvgIpc) is 2.72. The van der Waals surface area contributed by atoms with Crippen LogP contribution in [0.3, 0.4) is 0 Å². The van der Waals surface area contributed by atoms with E-state index >= 15 is 0 Å². The highest BCUT2D eigenvalue weighted by Gasteiger charge is 2.37. The van der Waals surface area contributed by atoms with Gasteiger partial charge in [-0.25, -0.2) is 5.43 Å². The molecule has 1 fully saturated rings. The molecule has 2 aliphatic rings.